The number of sulfonamides is 1. The molecule has 7 heteroatoms. The number of hydrogen-bond donors (Lipinski definition) is 1. The third kappa shape index (κ3) is 3.00. The van der Waals surface area contributed by atoms with Crippen molar-refractivity contribution in [3.8, 4) is 0 Å². The molecule has 0 unspecified atom stereocenters. The summed E-state index contributed by atoms with van der Waals surface area (Å²) in [6.45, 7) is 11.9. The minimum absolute atomic E-state index is 0.0843. The van der Waals surface area contributed by atoms with Gasteiger partial charge in [-0.15, -0.1) is 0 Å². The zero-order valence-electron chi connectivity index (χ0n) is 17.9. The molecular formula is C20H36N2O4S. The Hall–Kier alpha value is -0.500. The Balaban J connectivity index is 1.87. The maximum atomic E-state index is 13.4. The van der Waals surface area contributed by atoms with Crippen LogP contribution in [0.2, 0.25) is 0 Å². The molecule has 1 heterocycles. The van der Waals surface area contributed by atoms with E-state index in [1.54, 1.807) is 7.05 Å². The van der Waals surface area contributed by atoms with Crippen molar-refractivity contribution in [3.05, 3.63) is 0 Å². The summed E-state index contributed by atoms with van der Waals surface area (Å²) in [4.78, 5) is 12.8. The number of piperidine rings is 1. The summed E-state index contributed by atoms with van der Waals surface area (Å²) >= 11 is 0. The molecule has 1 saturated heterocycles. The molecule has 6 nitrogen and oxygen atoms in total. The van der Waals surface area contributed by atoms with Crippen LogP contribution in [0.15, 0.2) is 0 Å². The first kappa shape index (κ1) is 21.2. The molecule has 0 aromatic carbocycles. The molecule has 156 valence electrons. The normalized spacial score (nSPS) is 35.9. The van der Waals surface area contributed by atoms with Crippen molar-refractivity contribution in [2.45, 2.75) is 90.8 Å². The fraction of sp³-hybridized carbons (Fsp3) is 0.950. The molecule has 3 rings (SSSR count). The van der Waals surface area contributed by atoms with E-state index in [1.807, 2.05) is 27.7 Å². The third-order valence-corrected chi connectivity index (χ3v) is 10.2. The van der Waals surface area contributed by atoms with Gasteiger partial charge < -0.3 is 5.21 Å². The summed E-state index contributed by atoms with van der Waals surface area (Å²) in [6, 6.07) is -0.198. The van der Waals surface area contributed by atoms with Gasteiger partial charge in [0.2, 0.25) is 10.0 Å². The van der Waals surface area contributed by atoms with Crippen molar-refractivity contribution < 1.29 is 18.4 Å². The summed E-state index contributed by atoms with van der Waals surface area (Å²) in [6.07, 6.45) is 3.25. The first-order chi connectivity index (χ1) is 12.1. The van der Waals surface area contributed by atoms with Gasteiger partial charge in [0.25, 0.3) is 0 Å². The highest BCUT2D eigenvalue weighted by Gasteiger charge is 2.65. The average Bonchev–Trinajstić information content (AvgIpc) is 2.85. The standard InChI is InChI=1S/C20H36N2O4S/c1-17(2)11-15(12-18(3,4)22(17)24)21(7)27(25,26)13-20-9-8-14(10-16(20)23)19(20,5)6/h14-15,24H,8-13H2,1-7H3/t14-,20+/m0/s1. The maximum absolute atomic E-state index is 13.4. The van der Waals surface area contributed by atoms with E-state index < -0.39 is 26.5 Å². The van der Waals surface area contributed by atoms with E-state index in [2.05, 4.69) is 13.8 Å². The lowest BCUT2D eigenvalue weighted by Gasteiger charge is -2.53. The maximum Gasteiger partial charge on any atom is 0.215 e. The van der Waals surface area contributed by atoms with Gasteiger partial charge in [-0.2, -0.15) is 5.06 Å². The van der Waals surface area contributed by atoms with Gasteiger partial charge in [-0.25, -0.2) is 12.7 Å². The number of fused-ring (bicyclic) bond motifs is 2. The van der Waals surface area contributed by atoms with E-state index >= 15 is 0 Å². The SMILES string of the molecule is CN(C1CC(C)(C)N(O)C(C)(C)C1)S(=O)(=O)C[C@]12CC[C@@H](CC1=O)C2(C)C. The highest BCUT2D eigenvalue weighted by Crippen LogP contribution is 2.64. The molecule has 3 aliphatic rings. The Morgan fingerprint density at radius 3 is 2.04 bits per heavy atom. The van der Waals surface area contributed by atoms with Crippen LogP contribution in [0.3, 0.4) is 0 Å². The van der Waals surface area contributed by atoms with Crippen molar-refractivity contribution in [1.29, 1.82) is 0 Å². The average molecular weight is 401 g/mol. The predicted molar refractivity (Wildman–Crippen MR) is 105 cm³/mol. The van der Waals surface area contributed by atoms with E-state index in [9.17, 15) is 18.4 Å². The highest BCUT2D eigenvalue weighted by molar-refractivity contribution is 7.89. The van der Waals surface area contributed by atoms with Crippen molar-refractivity contribution in [3.63, 3.8) is 0 Å². The molecule has 0 spiro atoms. The molecule has 2 bridgehead atoms. The fourth-order valence-electron chi connectivity index (χ4n) is 6.22. The molecule has 0 amide bonds. The van der Waals surface area contributed by atoms with Crippen LogP contribution in [-0.4, -0.2) is 58.7 Å². The van der Waals surface area contributed by atoms with Gasteiger partial charge in [-0.1, -0.05) is 13.8 Å². The Labute approximate surface area is 164 Å². The number of carbonyl (C=O) groups excluding carboxylic acids is 1. The smallest absolute Gasteiger partial charge is 0.215 e. The Morgan fingerprint density at radius 1 is 1.11 bits per heavy atom. The minimum atomic E-state index is -3.60. The second-order valence-electron chi connectivity index (χ2n) is 10.9. The van der Waals surface area contributed by atoms with Gasteiger partial charge in [-0.05, 0) is 64.7 Å². The van der Waals surface area contributed by atoms with Gasteiger partial charge in [-0.3, -0.25) is 4.79 Å². The van der Waals surface area contributed by atoms with E-state index in [0.29, 0.717) is 31.6 Å². The molecule has 0 radical (unpaired) electrons. The second-order valence-corrected chi connectivity index (χ2v) is 13.0. The lowest BCUT2D eigenvalue weighted by atomic mass is 9.70. The first-order valence-corrected chi connectivity index (χ1v) is 11.7. The van der Waals surface area contributed by atoms with Gasteiger partial charge in [0, 0.05) is 36.0 Å². The number of Topliss-reactive ketones (excluding diaryl/α,β-unsaturated/α-hetero) is 1. The fourth-order valence-corrected chi connectivity index (χ4v) is 8.33. The topological polar surface area (TPSA) is 77.9 Å². The molecule has 1 aliphatic heterocycles. The number of carbonyl (C=O) groups is 1. The summed E-state index contributed by atoms with van der Waals surface area (Å²) < 4.78 is 28.3. The number of hydrogen-bond acceptors (Lipinski definition) is 5. The molecular weight excluding hydrogens is 364 g/mol. The largest absolute Gasteiger partial charge is 0.313 e. The number of nitrogens with zero attached hydrogens (tertiary/aromatic N) is 2. The summed E-state index contributed by atoms with van der Waals surface area (Å²) in [5.74, 6) is 0.353. The Bertz CT molecular complexity index is 725. The van der Waals surface area contributed by atoms with Crippen LogP contribution in [0.5, 0.6) is 0 Å². The summed E-state index contributed by atoms with van der Waals surface area (Å²) in [5, 5.41) is 11.9. The molecule has 0 aromatic rings. The molecule has 1 N–H and O–H groups in total. The molecule has 3 fully saturated rings. The van der Waals surface area contributed by atoms with Crippen LogP contribution < -0.4 is 0 Å². The predicted octanol–water partition coefficient (Wildman–Crippen LogP) is 3.05. The molecule has 2 atom stereocenters. The molecule has 2 saturated carbocycles. The summed E-state index contributed by atoms with van der Waals surface area (Å²) in [5.41, 5.74) is -2.04. The Morgan fingerprint density at radius 2 is 1.63 bits per heavy atom. The van der Waals surface area contributed by atoms with E-state index in [0.717, 1.165) is 6.42 Å². The van der Waals surface area contributed by atoms with E-state index in [-0.39, 0.29) is 23.0 Å². The van der Waals surface area contributed by atoms with Crippen LogP contribution in [0.1, 0.15) is 73.6 Å². The van der Waals surface area contributed by atoms with Gasteiger partial charge in [0.05, 0.1) is 5.75 Å². The highest BCUT2D eigenvalue weighted by atomic mass is 32.2. The number of hydroxylamine groups is 2. The van der Waals surface area contributed by atoms with E-state index in [4.69, 9.17) is 0 Å². The number of ketones is 1. The van der Waals surface area contributed by atoms with Crippen molar-refractivity contribution in [2.75, 3.05) is 12.8 Å². The Kier molecular flexibility index (Phi) is 4.72. The van der Waals surface area contributed by atoms with Crippen LogP contribution >= 0.6 is 0 Å². The van der Waals surface area contributed by atoms with Gasteiger partial charge in [0.15, 0.2) is 0 Å². The van der Waals surface area contributed by atoms with Gasteiger partial charge in [0.1, 0.15) is 5.78 Å². The lowest BCUT2D eigenvalue weighted by molar-refractivity contribution is -0.249. The number of rotatable bonds is 4. The van der Waals surface area contributed by atoms with E-state index in [1.165, 1.54) is 9.37 Å². The first-order valence-electron chi connectivity index (χ1n) is 10.1. The minimum Gasteiger partial charge on any atom is -0.313 e. The lowest BCUT2D eigenvalue weighted by Crippen LogP contribution is -2.63. The van der Waals surface area contributed by atoms with Crippen molar-refractivity contribution in [2.24, 2.45) is 16.7 Å². The van der Waals surface area contributed by atoms with Gasteiger partial charge >= 0.3 is 0 Å². The molecule has 27 heavy (non-hydrogen) atoms. The van der Waals surface area contributed by atoms with Crippen LogP contribution in [0.4, 0.5) is 0 Å². The van der Waals surface area contributed by atoms with Crippen LogP contribution in [0, 0.1) is 16.7 Å². The van der Waals surface area contributed by atoms with Crippen molar-refractivity contribution >= 4 is 15.8 Å². The zero-order chi connectivity index (χ0) is 20.6. The third-order valence-electron chi connectivity index (χ3n) is 8.14. The molecule has 0 aromatic heterocycles. The van der Waals surface area contributed by atoms with Crippen molar-refractivity contribution in [1.82, 2.24) is 9.37 Å². The zero-order valence-corrected chi connectivity index (χ0v) is 18.7. The van der Waals surface area contributed by atoms with Crippen LogP contribution in [-0.2, 0) is 14.8 Å². The van der Waals surface area contributed by atoms with Crippen LogP contribution in [0.25, 0.3) is 0 Å². The quantitative estimate of drug-likeness (QED) is 0.785. The monoisotopic (exact) mass is 400 g/mol. The summed E-state index contributed by atoms with van der Waals surface area (Å²) in [7, 11) is -1.95. The second kappa shape index (κ2) is 6.00. The molecule has 2 aliphatic carbocycles.